The average Bonchev–Trinajstić information content (AvgIpc) is 2.47. The Labute approximate surface area is 107 Å². The highest BCUT2D eigenvalue weighted by Crippen LogP contribution is 2.22. The van der Waals surface area contributed by atoms with E-state index in [1.807, 2.05) is 49.4 Å². The highest BCUT2D eigenvalue weighted by atomic mass is 16.2. The predicted octanol–water partition coefficient (Wildman–Crippen LogP) is 2.45. The van der Waals surface area contributed by atoms with E-state index in [0.29, 0.717) is 0 Å². The maximum Gasteiger partial charge on any atom is 0.241 e. The van der Waals surface area contributed by atoms with Gasteiger partial charge in [0.15, 0.2) is 0 Å². The van der Waals surface area contributed by atoms with E-state index in [1.165, 1.54) is 5.56 Å². The summed E-state index contributed by atoms with van der Waals surface area (Å²) in [5.41, 5.74) is 5.43. The first-order chi connectivity index (χ1) is 8.72. The van der Waals surface area contributed by atoms with Gasteiger partial charge in [0.1, 0.15) is 0 Å². The zero-order valence-corrected chi connectivity index (χ0v) is 10.3. The van der Waals surface area contributed by atoms with Crippen molar-refractivity contribution in [3.05, 3.63) is 60.2 Å². The highest BCUT2D eigenvalue weighted by molar-refractivity contribution is 5.82. The lowest BCUT2D eigenvalue weighted by atomic mass is 9.97. The first-order valence-electron chi connectivity index (χ1n) is 5.88. The van der Waals surface area contributed by atoms with Crippen LogP contribution in [0.5, 0.6) is 0 Å². The molecule has 0 heterocycles. The number of nitrogens with two attached hydrogens (primary N) is 1. The lowest BCUT2D eigenvalue weighted by molar-refractivity contribution is -0.122. The van der Waals surface area contributed by atoms with Crippen molar-refractivity contribution < 1.29 is 4.79 Å². The minimum absolute atomic E-state index is 0.178. The molecule has 0 saturated carbocycles. The van der Waals surface area contributed by atoms with Gasteiger partial charge in [0, 0.05) is 0 Å². The van der Waals surface area contributed by atoms with Gasteiger partial charge in [0.05, 0.1) is 5.92 Å². The van der Waals surface area contributed by atoms with Gasteiger partial charge < -0.3 is 0 Å². The molecule has 0 radical (unpaired) electrons. The minimum Gasteiger partial charge on any atom is -0.294 e. The molecule has 0 bridgehead atoms. The van der Waals surface area contributed by atoms with Gasteiger partial charge >= 0.3 is 0 Å². The number of rotatable bonds is 3. The summed E-state index contributed by atoms with van der Waals surface area (Å²) in [5.74, 6) is 4.72. The van der Waals surface area contributed by atoms with E-state index in [-0.39, 0.29) is 11.8 Å². The molecule has 2 rings (SSSR count). The summed E-state index contributed by atoms with van der Waals surface area (Å²) in [7, 11) is 0. The van der Waals surface area contributed by atoms with Crippen LogP contribution in [-0.4, -0.2) is 5.91 Å². The highest BCUT2D eigenvalue weighted by Gasteiger charge is 2.13. The number of hydrogen-bond acceptors (Lipinski definition) is 2. The summed E-state index contributed by atoms with van der Waals surface area (Å²) in [6.45, 7) is 1.83. The number of nitrogens with one attached hydrogen (secondary N) is 1. The Balaban J connectivity index is 2.23. The second kappa shape index (κ2) is 5.47. The van der Waals surface area contributed by atoms with Gasteiger partial charge in [-0.3, -0.25) is 10.2 Å². The fraction of sp³-hybridized carbons (Fsp3) is 0.133. The molecule has 2 aromatic rings. The number of hydrazine groups is 1. The fourth-order valence-corrected chi connectivity index (χ4v) is 1.87. The van der Waals surface area contributed by atoms with Gasteiger partial charge in [-0.05, 0) is 23.6 Å². The summed E-state index contributed by atoms with van der Waals surface area (Å²) in [4.78, 5) is 11.4. The van der Waals surface area contributed by atoms with Crippen molar-refractivity contribution in [1.82, 2.24) is 5.43 Å². The van der Waals surface area contributed by atoms with Crippen LogP contribution < -0.4 is 11.3 Å². The molecule has 1 atom stereocenters. The SMILES string of the molecule is CC(C(=O)NN)c1ccc(-c2ccccc2)cc1. The third kappa shape index (κ3) is 2.57. The van der Waals surface area contributed by atoms with Crippen LogP contribution in [0.1, 0.15) is 18.4 Å². The van der Waals surface area contributed by atoms with Crippen LogP contribution in [0.2, 0.25) is 0 Å². The van der Waals surface area contributed by atoms with E-state index < -0.39 is 0 Å². The number of benzene rings is 2. The van der Waals surface area contributed by atoms with Gasteiger partial charge in [0.25, 0.3) is 0 Å². The molecule has 0 fully saturated rings. The normalized spacial score (nSPS) is 11.9. The van der Waals surface area contributed by atoms with Gasteiger partial charge in [-0.25, -0.2) is 5.84 Å². The van der Waals surface area contributed by atoms with Crippen molar-refractivity contribution in [3.8, 4) is 11.1 Å². The number of hydrogen-bond donors (Lipinski definition) is 2. The number of carbonyl (C=O) groups is 1. The zero-order chi connectivity index (χ0) is 13.0. The van der Waals surface area contributed by atoms with Crippen LogP contribution in [0.15, 0.2) is 54.6 Å². The summed E-state index contributed by atoms with van der Waals surface area (Å²) in [6, 6.07) is 18.1. The third-order valence-electron chi connectivity index (χ3n) is 3.05. The van der Waals surface area contributed by atoms with Gasteiger partial charge in [-0.2, -0.15) is 0 Å². The Bertz CT molecular complexity index is 520. The van der Waals surface area contributed by atoms with Crippen LogP contribution >= 0.6 is 0 Å². The Hall–Kier alpha value is -2.13. The largest absolute Gasteiger partial charge is 0.294 e. The van der Waals surface area contributed by atoms with Crippen molar-refractivity contribution in [1.29, 1.82) is 0 Å². The van der Waals surface area contributed by atoms with Crippen molar-refractivity contribution >= 4 is 5.91 Å². The second-order valence-corrected chi connectivity index (χ2v) is 4.22. The topological polar surface area (TPSA) is 55.1 Å². The van der Waals surface area contributed by atoms with Crippen molar-refractivity contribution in [3.63, 3.8) is 0 Å². The van der Waals surface area contributed by atoms with Gasteiger partial charge in [-0.1, -0.05) is 54.6 Å². The van der Waals surface area contributed by atoms with Crippen LogP contribution in [0, 0.1) is 0 Å². The minimum atomic E-state index is -0.236. The molecule has 0 aliphatic heterocycles. The van der Waals surface area contributed by atoms with E-state index in [1.54, 1.807) is 0 Å². The van der Waals surface area contributed by atoms with E-state index in [4.69, 9.17) is 5.84 Å². The molecule has 0 aliphatic rings. The summed E-state index contributed by atoms with van der Waals surface area (Å²) in [6.07, 6.45) is 0. The van der Waals surface area contributed by atoms with E-state index >= 15 is 0 Å². The van der Waals surface area contributed by atoms with Crippen LogP contribution in [0.4, 0.5) is 0 Å². The molecule has 3 nitrogen and oxygen atoms in total. The van der Waals surface area contributed by atoms with Gasteiger partial charge in [-0.15, -0.1) is 0 Å². The molecule has 92 valence electrons. The molecule has 3 heteroatoms. The molecule has 0 saturated heterocycles. The quantitative estimate of drug-likeness (QED) is 0.492. The summed E-state index contributed by atoms with van der Waals surface area (Å²) >= 11 is 0. The Morgan fingerprint density at radius 3 is 2.11 bits per heavy atom. The van der Waals surface area contributed by atoms with Gasteiger partial charge in [0.2, 0.25) is 5.91 Å². The molecular formula is C15H16N2O. The van der Waals surface area contributed by atoms with E-state index in [9.17, 15) is 4.79 Å². The van der Waals surface area contributed by atoms with Crippen LogP contribution in [0.25, 0.3) is 11.1 Å². The second-order valence-electron chi connectivity index (χ2n) is 4.22. The Morgan fingerprint density at radius 2 is 1.56 bits per heavy atom. The van der Waals surface area contributed by atoms with Crippen LogP contribution in [0.3, 0.4) is 0 Å². The Kier molecular flexibility index (Phi) is 3.75. The predicted molar refractivity (Wildman–Crippen MR) is 72.6 cm³/mol. The van der Waals surface area contributed by atoms with Crippen LogP contribution in [-0.2, 0) is 4.79 Å². The smallest absolute Gasteiger partial charge is 0.241 e. The van der Waals surface area contributed by atoms with E-state index in [0.717, 1.165) is 11.1 Å². The lowest BCUT2D eigenvalue weighted by Crippen LogP contribution is -2.33. The average molecular weight is 240 g/mol. The fourth-order valence-electron chi connectivity index (χ4n) is 1.87. The Morgan fingerprint density at radius 1 is 1.00 bits per heavy atom. The summed E-state index contributed by atoms with van der Waals surface area (Å²) in [5, 5.41) is 0. The maximum atomic E-state index is 11.4. The number of carbonyl (C=O) groups excluding carboxylic acids is 1. The molecule has 0 spiro atoms. The maximum absolute atomic E-state index is 11.4. The molecule has 0 aliphatic carbocycles. The molecule has 0 aromatic heterocycles. The van der Waals surface area contributed by atoms with Crippen molar-refractivity contribution in [2.75, 3.05) is 0 Å². The number of amides is 1. The lowest BCUT2D eigenvalue weighted by Gasteiger charge is -2.10. The summed E-state index contributed by atoms with van der Waals surface area (Å²) < 4.78 is 0. The van der Waals surface area contributed by atoms with Crippen molar-refractivity contribution in [2.24, 2.45) is 5.84 Å². The van der Waals surface area contributed by atoms with Crippen molar-refractivity contribution in [2.45, 2.75) is 12.8 Å². The molecular weight excluding hydrogens is 224 g/mol. The van der Waals surface area contributed by atoms with E-state index in [2.05, 4.69) is 17.6 Å². The first kappa shape index (κ1) is 12.3. The first-order valence-corrected chi connectivity index (χ1v) is 5.88. The molecule has 18 heavy (non-hydrogen) atoms. The molecule has 2 aromatic carbocycles. The third-order valence-corrected chi connectivity index (χ3v) is 3.05. The monoisotopic (exact) mass is 240 g/mol. The zero-order valence-electron chi connectivity index (χ0n) is 10.3. The molecule has 1 unspecified atom stereocenters. The standard InChI is InChI=1S/C15H16N2O/c1-11(15(18)17-16)12-7-9-14(10-8-12)13-5-3-2-4-6-13/h2-11H,16H2,1H3,(H,17,18). The molecule has 3 N–H and O–H groups in total. The molecule has 1 amide bonds.